The summed E-state index contributed by atoms with van der Waals surface area (Å²) in [6.07, 6.45) is 3.92. The summed E-state index contributed by atoms with van der Waals surface area (Å²) in [6, 6.07) is 7.91. The van der Waals surface area contributed by atoms with E-state index >= 15 is 0 Å². The molecule has 1 aromatic rings. The Hall–Kier alpha value is -2.48. The molecule has 13 heteroatoms. The third-order valence-electron chi connectivity index (χ3n) is 2.93. The minimum atomic E-state index is -3.67. The van der Waals surface area contributed by atoms with Gasteiger partial charge in [-0.2, -0.15) is 16.8 Å². The highest BCUT2D eigenvalue weighted by Crippen LogP contribution is 2.26. The molecule has 0 unspecified atom stereocenters. The highest BCUT2D eigenvalue weighted by Gasteiger charge is 2.17. The third-order valence-corrected chi connectivity index (χ3v) is 2.93. The molecule has 1 aliphatic heterocycles. The van der Waals surface area contributed by atoms with Gasteiger partial charge in [0, 0.05) is 24.9 Å². The first-order valence-corrected chi connectivity index (χ1v) is 11.3. The summed E-state index contributed by atoms with van der Waals surface area (Å²) < 4.78 is 51.7. The molecular formula is C15H24N4O7S2. The van der Waals surface area contributed by atoms with Gasteiger partial charge in [0.25, 0.3) is 26.1 Å². The average molecular weight is 437 g/mol. The molecule has 158 valence electrons. The molecule has 0 aliphatic carbocycles. The normalized spacial score (nSPS) is 13.3. The maximum absolute atomic E-state index is 11.9. The summed E-state index contributed by atoms with van der Waals surface area (Å²) in [7, 11) is -5.33. The smallest absolute Gasteiger partial charge is 0.261 e. The SMILES string of the molecule is CN1CCC(C(=O)NC(=N)N)=Cc2ccccc21.CS(=O)(=O)O.CS(=O)(=O)O. The van der Waals surface area contributed by atoms with Crippen LogP contribution < -0.4 is 16.0 Å². The van der Waals surface area contributed by atoms with E-state index in [4.69, 9.17) is 20.2 Å². The predicted octanol–water partition coefficient (Wildman–Crippen LogP) is -0.0724. The molecule has 28 heavy (non-hydrogen) atoms. The van der Waals surface area contributed by atoms with E-state index in [-0.39, 0.29) is 11.9 Å². The van der Waals surface area contributed by atoms with E-state index in [0.29, 0.717) is 24.5 Å². The quantitative estimate of drug-likeness (QED) is 0.228. The van der Waals surface area contributed by atoms with Crippen molar-refractivity contribution in [1.29, 1.82) is 5.41 Å². The van der Waals surface area contributed by atoms with E-state index in [9.17, 15) is 21.6 Å². The van der Waals surface area contributed by atoms with Gasteiger partial charge in [-0.25, -0.2) is 0 Å². The molecule has 6 N–H and O–H groups in total. The number of nitrogens with zero attached hydrogens (tertiary/aromatic N) is 1. The first kappa shape index (κ1) is 25.5. The molecule has 1 aliphatic rings. The number of hydrogen-bond donors (Lipinski definition) is 5. The van der Waals surface area contributed by atoms with Crippen LogP contribution in [0, 0.1) is 5.41 Å². The van der Waals surface area contributed by atoms with Crippen molar-refractivity contribution in [2.75, 3.05) is 31.0 Å². The Bertz CT molecular complexity index is 895. The monoisotopic (exact) mass is 436 g/mol. The summed E-state index contributed by atoms with van der Waals surface area (Å²) in [4.78, 5) is 14.0. The summed E-state index contributed by atoms with van der Waals surface area (Å²) in [5.41, 5.74) is 7.92. The Morgan fingerprint density at radius 3 is 2.07 bits per heavy atom. The van der Waals surface area contributed by atoms with Crippen LogP contribution in [-0.4, -0.2) is 63.9 Å². The van der Waals surface area contributed by atoms with Crippen molar-refractivity contribution in [1.82, 2.24) is 5.32 Å². The Morgan fingerprint density at radius 1 is 1.14 bits per heavy atom. The molecule has 11 nitrogen and oxygen atoms in total. The fourth-order valence-electron chi connectivity index (χ4n) is 2.01. The third kappa shape index (κ3) is 13.7. The van der Waals surface area contributed by atoms with Gasteiger partial charge in [0.15, 0.2) is 5.96 Å². The second kappa shape index (κ2) is 10.8. The number of nitrogens with two attached hydrogens (primary N) is 1. The molecule has 1 aromatic carbocycles. The number of amides is 1. The van der Waals surface area contributed by atoms with E-state index in [2.05, 4.69) is 10.2 Å². The number of para-hydroxylation sites is 1. The summed E-state index contributed by atoms with van der Waals surface area (Å²) >= 11 is 0. The second-order valence-electron chi connectivity index (χ2n) is 5.73. The molecular weight excluding hydrogens is 412 g/mol. The van der Waals surface area contributed by atoms with Crippen LogP contribution in [0.5, 0.6) is 0 Å². The van der Waals surface area contributed by atoms with Crippen molar-refractivity contribution in [3.63, 3.8) is 0 Å². The Labute approximate surface area is 164 Å². The minimum absolute atomic E-state index is 0.299. The predicted molar refractivity (Wildman–Crippen MR) is 107 cm³/mol. The standard InChI is InChI=1S/C13H16N4O.2CH4O3S/c1-17-7-6-10(12(18)16-13(14)15)8-9-4-2-3-5-11(9)17;2*1-5(2,3)4/h2-5,8H,6-7H2,1H3,(H4,14,15,16,18);2*1H3,(H,2,3,4). The number of carbonyl (C=O) groups excluding carboxylic acids is 1. The number of carbonyl (C=O) groups is 1. The lowest BCUT2D eigenvalue weighted by atomic mass is 10.1. The van der Waals surface area contributed by atoms with Gasteiger partial charge in [0.2, 0.25) is 0 Å². The van der Waals surface area contributed by atoms with Crippen LogP contribution in [0.3, 0.4) is 0 Å². The lowest BCUT2D eigenvalue weighted by Crippen LogP contribution is -2.36. The lowest BCUT2D eigenvalue weighted by molar-refractivity contribution is -0.116. The number of guanidine groups is 1. The number of benzene rings is 1. The van der Waals surface area contributed by atoms with Crippen molar-refractivity contribution < 1.29 is 30.7 Å². The zero-order chi connectivity index (χ0) is 22.1. The van der Waals surface area contributed by atoms with Gasteiger partial charge in [0.05, 0.1) is 12.5 Å². The molecule has 0 fully saturated rings. The minimum Gasteiger partial charge on any atom is -0.374 e. The molecule has 0 aromatic heterocycles. The lowest BCUT2D eigenvalue weighted by Gasteiger charge is -2.18. The highest BCUT2D eigenvalue weighted by molar-refractivity contribution is 7.85. The zero-order valence-corrected chi connectivity index (χ0v) is 17.2. The molecule has 0 saturated heterocycles. The van der Waals surface area contributed by atoms with Crippen LogP contribution >= 0.6 is 0 Å². The van der Waals surface area contributed by atoms with Crippen molar-refractivity contribution in [3.8, 4) is 0 Å². The fraction of sp³-hybridized carbons (Fsp3) is 0.333. The van der Waals surface area contributed by atoms with Gasteiger partial charge in [-0.05, 0) is 24.1 Å². The Balaban J connectivity index is 0.000000607. The number of hydrogen-bond acceptors (Lipinski definition) is 7. The summed E-state index contributed by atoms with van der Waals surface area (Å²) in [5, 5.41) is 9.41. The molecule has 0 spiro atoms. The van der Waals surface area contributed by atoms with Crippen LogP contribution in [0.2, 0.25) is 0 Å². The maximum Gasteiger partial charge on any atom is 0.261 e. The van der Waals surface area contributed by atoms with Crippen molar-refractivity contribution in [2.45, 2.75) is 6.42 Å². The first-order chi connectivity index (χ1) is 12.6. The van der Waals surface area contributed by atoms with Crippen molar-refractivity contribution in [3.05, 3.63) is 35.4 Å². The first-order valence-electron chi connectivity index (χ1n) is 7.59. The van der Waals surface area contributed by atoms with Gasteiger partial charge >= 0.3 is 0 Å². The van der Waals surface area contributed by atoms with Crippen molar-refractivity contribution in [2.24, 2.45) is 5.73 Å². The number of rotatable bonds is 1. The fourth-order valence-corrected chi connectivity index (χ4v) is 2.01. The van der Waals surface area contributed by atoms with Gasteiger partial charge < -0.3 is 10.6 Å². The largest absolute Gasteiger partial charge is 0.374 e. The van der Waals surface area contributed by atoms with Gasteiger partial charge in [0.1, 0.15) is 0 Å². The number of fused-ring (bicyclic) bond motifs is 1. The number of anilines is 1. The van der Waals surface area contributed by atoms with E-state index in [1.165, 1.54) is 0 Å². The molecule has 0 bridgehead atoms. The molecule has 0 radical (unpaired) electrons. The highest BCUT2D eigenvalue weighted by atomic mass is 32.2. The van der Waals surface area contributed by atoms with Crippen LogP contribution in [0.4, 0.5) is 5.69 Å². The molecule has 1 amide bonds. The molecule has 0 saturated carbocycles. The van der Waals surface area contributed by atoms with Gasteiger partial charge in [-0.15, -0.1) is 0 Å². The second-order valence-corrected chi connectivity index (χ2v) is 8.67. The van der Waals surface area contributed by atoms with E-state index < -0.39 is 20.2 Å². The maximum atomic E-state index is 11.9. The van der Waals surface area contributed by atoms with Crippen LogP contribution in [-0.2, 0) is 25.0 Å². The van der Waals surface area contributed by atoms with Crippen LogP contribution in [0.25, 0.3) is 6.08 Å². The topological polar surface area (TPSA) is 191 Å². The van der Waals surface area contributed by atoms with Gasteiger partial charge in [-0.1, -0.05) is 18.2 Å². The van der Waals surface area contributed by atoms with Crippen molar-refractivity contribution >= 4 is 43.9 Å². The molecule has 0 atom stereocenters. The summed E-state index contributed by atoms with van der Waals surface area (Å²) in [6.45, 7) is 0.758. The summed E-state index contributed by atoms with van der Waals surface area (Å²) in [5.74, 6) is -0.626. The van der Waals surface area contributed by atoms with E-state index in [0.717, 1.165) is 17.8 Å². The van der Waals surface area contributed by atoms with E-state index in [1.807, 2.05) is 37.4 Å². The van der Waals surface area contributed by atoms with Gasteiger partial charge in [-0.3, -0.25) is 24.6 Å². The number of nitrogens with one attached hydrogen (secondary N) is 2. The average Bonchev–Trinajstić information content (AvgIpc) is 2.63. The molecule has 2 rings (SSSR count). The van der Waals surface area contributed by atoms with E-state index in [1.54, 1.807) is 0 Å². The Morgan fingerprint density at radius 2 is 1.61 bits per heavy atom. The van der Waals surface area contributed by atoms with Crippen LogP contribution in [0.1, 0.15) is 12.0 Å². The van der Waals surface area contributed by atoms with Crippen LogP contribution in [0.15, 0.2) is 29.8 Å². The zero-order valence-electron chi connectivity index (χ0n) is 15.6. The molecule has 1 heterocycles. The Kier molecular flexibility index (Phi) is 9.80.